The Hall–Kier alpha value is -0.880. The number of fused-ring (bicyclic) bond motifs is 1. The summed E-state index contributed by atoms with van der Waals surface area (Å²) in [5.74, 6) is 0.259. The Morgan fingerprint density at radius 2 is 2.00 bits per heavy atom. The minimum atomic E-state index is -0.349. The van der Waals surface area contributed by atoms with Crippen molar-refractivity contribution in [1.29, 1.82) is 0 Å². The van der Waals surface area contributed by atoms with E-state index in [0.717, 1.165) is 42.8 Å². The van der Waals surface area contributed by atoms with Crippen LogP contribution in [0.15, 0.2) is 24.3 Å². The molecule has 1 atom stereocenters. The first kappa shape index (κ1) is 22.2. The number of para-hydroxylation sites is 1. The molecule has 1 amide bonds. The Balaban J connectivity index is 0.00000156. The molecule has 2 heterocycles. The van der Waals surface area contributed by atoms with Crippen LogP contribution in [0.5, 0.6) is 0 Å². The van der Waals surface area contributed by atoms with Crippen LogP contribution in [0.1, 0.15) is 38.1 Å². The number of hydrogen-bond donors (Lipinski definition) is 1. The number of aromatic nitrogens is 1. The zero-order chi connectivity index (χ0) is 16.4. The van der Waals surface area contributed by atoms with Gasteiger partial charge in [-0.1, -0.05) is 26.0 Å². The van der Waals surface area contributed by atoms with Gasteiger partial charge in [-0.15, -0.1) is 36.2 Å². The summed E-state index contributed by atoms with van der Waals surface area (Å²) in [5.41, 5.74) is 6.67. The summed E-state index contributed by atoms with van der Waals surface area (Å²) in [4.78, 5) is 19.8. The predicted molar refractivity (Wildman–Crippen MR) is 110 cm³/mol. The fraction of sp³-hybridized carbons (Fsp3) is 0.556. The molecule has 4 nitrogen and oxygen atoms in total. The van der Waals surface area contributed by atoms with Crippen molar-refractivity contribution >= 4 is 52.3 Å². The Labute approximate surface area is 166 Å². The number of amides is 1. The molecule has 0 radical (unpaired) electrons. The minimum Gasteiger partial charge on any atom is -0.341 e. The van der Waals surface area contributed by atoms with Crippen LogP contribution in [0, 0.1) is 5.41 Å². The van der Waals surface area contributed by atoms with Crippen LogP contribution in [0.25, 0.3) is 10.2 Å². The van der Waals surface area contributed by atoms with Crippen LogP contribution in [0.3, 0.4) is 0 Å². The van der Waals surface area contributed by atoms with Crippen LogP contribution >= 0.6 is 36.2 Å². The van der Waals surface area contributed by atoms with Crippen molar-refractivity contribution in [2.45, 2.75) is 45.6 Å². The van der Waals surface area contributed by atoms with E-state index >= 15 is 0 Å². The molecule has 2 aromatic rings. The number of nitrogens with two attached hydrogens (primary N) is 1. The van der Waals surface area contributed by atoms with Crippen LogP contribution in [0.4, 0.5) is 0 Å². The van der Waals surface area contributed by atoms with Crippen LogP contribution in [-0.4, -0.2) is 34.9 Å². The summed E-state index contributed by atoms with van der Waals surface area (Å²) in [6.07, 6.45) is 3.31. The molecule has 0 unspecified atom stereocenters. The second-order valence-electron chi connectivity index (χ2n) is 6.54. The van der Waals surface area contributed by atoms with Crippen molar-refractivity contribution in [1.82, 2.24) is 9.88 Å². The number of rotatable bonds is 5. The summed E-state index contributed by atoms with van der Waals surface area (Å²) in [5, 5.41) is 1.06. The van der Waals surface area contributed by atoms with E-state index in [1.165, 1.54) is 4.70 Å². The number of hydrogen-bond acceptors (Lipinski definition) is 4. The molecule has 0 aliphatic carbocycles. The van der Waals surface area contributed by atoms with Gasteiger partial charge in [0.15, 0.2) is 0 Å². The maximum absolute atomic E-state index is 13.1. The van der Waals surface area contributed by atoms with Gasteiger partial charge >= 0.3 is 0 Å². The first-order valence-electron chi connectivity index (χ1n) is 8.47. The van der Waals surface area contributed by atoms with Crippen molar-refractivity contribution in [2.75, 3.05) is 13.1 Å². The van der Waals surface area contributed by atoms with Gasteiger partial charge in [0.1, 0.15) is 0 Å². The molecule has 0 spiro atoms. The van der Waals surface area contributed by atoms with Gasteiger partial charge in [0.05, 0.1) is 20.6 Å². The number of nitrogens with zero attached hydrogens (tertiary/aromatic N) is 2. The number of carbonyl (C=O) groups is 1. The molecule has 1 aliphatic rings. The summed E-state index contributed by atoms with van der Waals surface area (Å²) in [6, 6.07) is 8.31. The molecule has 7 heteroatoms. The number of carbonyl (C=O) groups excluding carboxylic acids is 1. The third kappa shape index (κ3) is 4.45. The quantitative estimate of drug-likeness (QED) is 0.818. The van der Waals surface area contributed by atoms with Gasteiger partial charge in [0.2, 0.25) is 5.91 Å². The van der Waals surface area contributed by atoms with Crippen LogP contribution < -0.4 is 5.73 Å². The highest BCUT2D eigenvalue weighted by Crippen LogP contribution is 2.36. The first-order chi connectivity index (χ1) is 11.1. The second kappa shape index (κ2) is 9.17. The molecule has 1 aromatic heterocycles. The van der Waals surface area contributed by atoms with Crippen molar-refractivity contribution in [3.05, 3.63) is 29.3 Å². The van der Waals surface area contributed by atoms with E-state index in [1.807, 2.05) is 23.1 Å². The van der Waals surface area contributed by atoms with Gasteiger partial charge in [-0.05, 0) is 31.4 Å². The van der Waals surface area contributed by atoms with Crippen molar-refractivity contribution in [3.8, 4) is 0 Å². The van der Waals surface area contributed by atoms with E-state index in [1.54, 1.807) is 11.3 Å². The number of likely N-dealkylation sites (tertiary alicyclic amines) is 1. The molecular formula is C18H27Cl2N3OS. The Bertz CT molecular complexity index is 669. The second-order valence-corrected chi connectivity index (χ2v) is 7.65. The molecule has 25 heavy (non-hydrogen) atoms. The van der Waals surface area contributed by atoms with Gasteiger partial charge in [0.25, 0.3) is 0 Å². The molecule has 140 valence electrons. The maximum atomic E-state index is 13.1. The smallest absolute Gasteiger partial charge is 0.229 e. The largest absolute Gasteiger partial charge is 0.341 e. The van der Waals surface area contributed by atoms with Crippen LogP contribution in [0.2, 0.25) is 0 Å². The number of halogens is 2. The van der Waals surface area contributed by atoms with Gasteiger partial charge in [-0.3, -0.25) is 4.79 Å². The normalized spacial score (nSPS) is 17.2. The molecule has 1 fully saturated rings. The molecule has 0 bridgehead atoms. The van der Waals surface area contributed by atoms with E-state index in [-0.39, 0.29) is 42.2 Å². The molecular weight excluding hydrogens is 377 g/mol. The fourth-order valence-electron chi connectivity index (χ4n) is 3.47. The van der Waals surface area contributed by atoms with Crippen LogP contribution in [-0.2, 0) is 11.2 Å². The summed E-state index contributed by atoms with van der Waals surface area (Å²) < 4.78 is 1.19. The lowest BCUT2D eigenvalue weighted by atomic mass is 9.78. The fourth-order valence-corrected chi connectivity index (χ4v) is 4.58. The zero-order valence-corrected chi connectivity index (χ0v) is 17.2. The van der Waals surface area contributed by atoms with E-state index in [4.69, 9.17) is 10.7 Å². The number of thiazole rings is 1. The SMILES string of the molecule is CCC(CC)(Cc1nc2ccccc2s1)C(=O)N1CC[C@@H](N)C1.Cl.Cl. The average molecular weight is 404 g/mol. The third-order valence-corrected chi connectivity index (χ3v) is 6.18. The highest BCUT2D eigenvalue weighted by Gasteiger charge is 2.40. The van der Waals surface area contributed by atoms with E-state index in [9.17, 15) is 4.79 Å². The molecule has 1 aliphatic heterocycles. The Kier molecular flexibility index (Phi) is 8.13. The van der Waals surface area contributed by atoms with Crippen molar-refractivity contribution in [3.63, 3.8) is 0 Å². The number of benzene rings is 1. The molecule has 0 saturated carbocycles. The lowest BCUT2D eigenvalue weighted by molar-refractivity contribution is -0.141. The predicted octanol–water partition coefficient (Wildman–Crippen LogP) is 4.05. The van der Waals surface area contributed by atoms with E-state index < -0.39 is 0 Å². The summed E-state index contributed by atoms with van der Waals surface area (Å²) >= 11 is 1.71. The topological polar surface area (TPSA) is 59.2 Å². The molecule has 3 rings (SSSR count). The van der Waals surface area contributed by atoms with E-state index in [2.05, 4.69) is 19.9 Å². The minimum absolute atomic E-state index is 0. The average Bonchev–Trinajstić information content (AvgIpc) is 3.17. The monoisotopic (exact) mass is 403 g/mol. The Morgan fingerprint density at radius 1 is 1.32 bits per heavy atom. The molecule has 2 N–H and O–H groups in total. The van der Waals surface area contributed by atoms with Gasteiger partial charge in [-0.25, -0.2) is 4.98 Å². The summed E-state index contributed by atoms with van der Waals surface area (Å²) in [7, 11) is 0. The van der Waals surface area contributed by atoms with Gasteiger partial charge in [-0.2, -0.15) is 0 Å². The van der Waals surface area contributed by atoms with Gasteiger partial charge < -0.3 is 10.6 Å². The van der Waals surface area contributed by atoms with Crippen molar-refractivity contribution in [2.24, 2.45) is 11.1 Å². The highest BCUT2D eigenvalue weighted by atomic mass is 35.5. The van der Waals surface area contributed by atoms with Gasteiger partial charge in [0, 0.05) is 25.6 Å². The van der Waals surface area contributed by atoms with E-state index in [0.29, 0.717) is 6.54 Å². The Morgan fingerprint density at radius 3 is 2.56 bits per heavy atom. The third-order valence-electron chi connectivity index (χ3n) is 5.15. The standard InChI is InChI=1S/C18H25N3OS.2ClH/c1-3-18(4-2,17(22)21-10-9-13(19)12-21)11-16-20-14-7-5-6-8-15(14)23-16;;/h5-8,13H,3-4,9-12,19H2,1-2H3;2*1H/t13-;;/m1../s1. The molecule has 1 saturated heterocycles. The lowest BCUT2D eigenvalue weighted by Gasteiger charge is -2.33. The maximum Gasteiger partial charge on any atom is 0.229 e. The molecule has 1 aromatic carbocycles. The summed E-state index contributed by atoms with van der Waals surface area (Å²) in [6.45, 7) is 5.72. The lowest BCUT2D eigenvalue weighted by Crippen LogP contribution is -2.44. The van der Waals surface area contributed by atoms with Crippen molar-refractivity contribution < 1.29 is 4.79 Å². The highest BCUT2D eigenvalue weighted by molar-refractivity contribution is 7.18. The first-order valence-corrected chi connectivity index (χ1v) is 9.29. The zero-order valence-electron chi connectivity index (χ0n) is 14.7.